The molecule has 0 fully saturated rings. The summed E-state index contributed by atoms with van der Waals surface area (Å²) in [5, 5.41) is 3.75. The first kappa shape index (κ1) is 20.8. The van der Waals surface area contributed by atoms with Gasteiger partial charge in [0.05, 0.1) is 22.0 Å². The number of hydrogen-bond donors (Lipinski definition) is 1. The van der Waals surface area contributed by atoms with Crippen LogP contribution in [0, 0.1) is 6.92 Å². The van der Waals surface area contributed by atoms with E-state index in [1.807, 2.05) is 0 Å². The zero-order chi connectivity index (χ0) is 19.6. The molecule has 2 aromatic carbocycles. The summed E-state index contributed by atoms with van der Waals surface area (Å²) < 4.78 is 25.6. The highest BCUT2D eigenvalue weighted by Crippen LogP contribution is 2.30. The molecule has 0 aliphatic carbocycles. The number of carbonyl (C=O) groups excluding carboxylic acids is 1. The molecule has 0 saturated carbocycles. The van der Waals surface area contributed by atoms with Gasteiger partial charge >= 0.3 is 0 Å². The van der Waals surface area contributed by atoms with E-state index in [2.05, 4.69) is 5.32 Å². The minimum Gasteiger partial charge on any atom is -0.324 e. The summed E-state index contributed by atoms with van der Waals surface area (Å²) >= 11 is 17.8. The monoisotopic (exact) mass is 434 g/mol. The van der Waals surface area contributed by atoms with Crippen LogP contribution in [-0.4, -0.2) is 26.6 Å². The predicted molar refractivity (Wildman–Crippen MR) is 108 cm³/mol. The van der Waals surface area contributed by atoms with Gasteiger partial charge in [0, 0.05) is 10.7 Å². The second-order valence-electron chi connectivity index (χ2n) is 5.78. The fourth-order valence-corrected chi connectivity index (χ4v) is 4.12. The number of sulfonamides is 1. The van der Waals surface area contributed by atoms with Crippen molar-refractivity contribution in [2.24, 2.45) is 0 Å². The van der Waals surface area contributed by atoms with Gasteiger partial charge in [-0.15, -0.1) is 0 Å². The summed E-state index contributed by atoms with van der Waals surface area (Å²) in [6, 6.07) is 8.36. The second kappa shape index (κ2) is 8.05. The molecule has 0 aromatic heterocycles. The van der Waals surface area contributed by atoms with Gasteiger partial charge in [-0.3, -0.25) is 9.10 Å². The van der Waals surface area contributed by atoms with E-state index in [1.54, 1.807) is 25.1 Å². The van der Waals surface area contributed by atoms with Gasteiger partial charge in [-0.05, 0) is 55.8 Å². The number of aryl methyl sites for hydroxylation is 1. The standard InChI is InChI=1S/C17H17Cl3N2O3S/c1-10-8-12(18)4-7-16(10)21-17(23)11(2)22(26(3,24)25)13-5-6-14(19)15(20)9-13/h4-9,11H,1-3H3,(H,21,23)/t11-/m0/s1. The number of halogens is 3. The van der Waals surface area contributed by atoms with Gasteiger partial charge in [0.2, 0.25) is 15.9 Å². The highest BCUT2D eigenvalue weighted by atomic mass is 35.5. The molecular formula is C17H17Cl3N2O3S. The number of nitrogens with one attached hydrogen (secondary N) is 1. The molecule has 26 heavy (non-hydrogen) atoms. The van der Waals surface area contributed by atoms with E-state index in [9.17, 15) is 13.2 Å². The van der Waals surface area contributed by atoms with Crippen molar-refractivity contribution in [1.29, 1.82) is 0 Å². The van der Waals surface area contributed by atoms with Gasteiger partial charge in [0.1, 0.15) is 6.04 Å². The lowest BCUT2D eigenvalue weighted by Crippen LogP contribution is -2.45. The molecule has 2 rings (SSSR count). The fourth-order valence-electron chi connectivity index (χ4n) is 2.44. The molecule has 9 heteroatoms. The maximum absolute atomic E-state index is 12.7. The van der Waals surface area contributed by atoms with Gasteiger partial charge in [0.25, 0.3) is 0 Å². The smallest absolute Gasteiger partial charge is 0.248 e. The number of nitrogens with zero attached hydrogens (tertiary/aromatic N) is 1. The average Bonchev–Trinajstić information content (AvgIpc) is 2.52. The van der Waals surface area contributed by atoms with Crippen LogP contribution in [0.3, 0.4) is 0 Å². The summed E-state index contributed by atoms with van der Waals surface area (Å²) in [5.41, 5.74) is 1.56. The normalized spacial score (nSPS) is 12.5. The lowest BCUT2D eigenvalue weighted by molar-refractivity contribution is -0.116. The average molecular weight is 436 g/mol. The first-order chi connectivity index (χ1) is 12.0. The van der Waals surface area contributed by atoms with E-state index >= 15 is 0 Å². The van der Waals surface area contributed by atoms with E-state index < -0.39 is 22.0 Å². The first-order valence-electron chi connectivity index (χ1n) is 7.52. The van der Waals surface area contributed by atoms with Crippen molar-refractivity contribution in [3.05, 3.63) is 57.0 Å². The predicted octanol–water partition coefficient (Wildman–Crippen LogP) is 4.75. The molecule has 140 valence electrons. The Bertz CT molecular complexity index is 948. The number of rotatable bonds is 5. The van der Waals surface area contributed by atoms with E-state index in [0.717, 1.165) is 16.1 Å². The molecule has 5 nitrogen and oxygen atoms in total. The third kappa shape index (κ3) is 4.82. The first-order valence-corrected chi connectivity index (χ1v) is 10.5. The van der Waals surface area contributed by atoms with E-state index in [-0.39, 0.29) is 15.7 Å². The quantitative estimate of drug-likeness (QED) is 0.737. The molecule has 2 aromatic rings. The Morgan fingerprint density at radius 3 is 2.27 bits per heavy atom. The Labute approximate surface area is 167 Å². The summed E-state index contributed by atoms with van der Waals surface area (Å²) in [6.07, 6.45) is 1.02. The maximum atomic E-state index is 12.7. The zero-order valence-electron chi connectivity index (χ0n) is 14.3. The molecule has 1 atom stereocenters. The van der Waals surface area contributed by atoms with Gasteiger partial charge in [-0.2, -0.15) is 0 Å². The van der Waals surface area contributed by atoms with Crippen LogP contribution in [0.4, 0.5) is 11.4 Å². The van der Waals surface area contributed by atoms with Gasteiger partial charge in [-0.25, -0.2) is 8.42 Å². The van der Waals surface area contributed by atoms with Crippen LogP contribution >= 0.6 is 34.8 Å². The number of carbonyl (C=O) groups is 1. The highest BCUT2D eigenvalue weighted by molar-refractivity contribution is 7.92. The molecule has 0 aliphatic rings. The fraction of sp³-hybridized carbons (Fsp3) is 0.235. The Morgan fingerprint density at radius 2 is 1.73 bits per heavy atom. The largest absolute Gasteiger partial charge is 0.324 e. The molecular weight excluding hydrogens is 419 g/mol. The SMILES string of the molecule is Cc1cc(Cl)ccc1NC(=O)[C@H](C)N(c1ccc(Cl)c(Cl)c1)S(C)(=O)=O. The Kier molecular flexibility index (Phi) is 6.45. The van der Waals surface area contributed by atoms with Crippen LogP contribution < -0.4 is 9.62 Å². The van der Waals surface area contributed by atoms with Crippen molar-refractivity contribution in [2.75, 3.05) is 15.9 Å². The lowest BCUT2D eigenvalue weighted by atomic mass is 10.2. The molecule has 0 unspecified atom stereocenters. The minimum absolute atomic E-state index is 0.193. The maximum Gasteiger partial charge on any atom is 0.248 e. The summed E-state index contributed by atoms with van der Waals surface area (Å²) in [5.74, 6) is -0.494. The summed E-state index contributed by atoms with van der Waals surface area (Å²) in [6.45, 7) is 3.28. The molecule has 0 saturated heterocycles. The Balaban J connectivity index is 2.35. The molecule has 0 radical (unpaired) electrons. The lowest BCUT2D eigenvalue weighted by Gasteiger charge is -2.28. The van der Waals surface area contributed by atoms with Gasteiger partial charge in [0.15, 0.2) is 0 Å². The van der Waals surface area contributed by atoms with Crippen molar-refractivity contribution in [3.63, 3.8) is 0 Å². The highest BCUT2D eigenvalue weighted by Gasteiger charge is 2.29. The number of amides is 1. The van der Waals surface area contributed by atoms with Crippen LogP contribution in [0.2, 0.25) is 15.1 Å². The topological polar surface area (TPSA) is 66.5 Å². The van der Waals surface area contributed by atoms with Crippen LogP contribution in [0.25, 0.3) is 0 Å². The van der Waals surface area contributed by atoms with Crippen molar-refractivity contribution in [3.8, 4) is 0 Å². The van der Waals surface area contributed by atoms with E-state index in [0.29, 0.717) is 10.7 Å². The summed E-state index contributed by atoms with van der Waals surface area (Å²) in [7, 11) is -3.75. The third-order valence-corrected chi connectivity index (χ3v) is 5.91. The molecule has 0 aliphatic heterocycles. The molecule has 0 heterocycles. The number of benzene rings is 2. The van der Waals surface area contributed by atoms with Gasteiger partial charge in [-0.1, -0.05) is 34.8 Å². The van der Waals surface area contributed by atoms with Crippen LogP contribution in [0.5, 0.6) is 0 Å². The zero-order valence-corrected chi connectivity index (χ0v) is 17.3. The number of anilines is 2. The van der Waals surface area contributed by atoms with Crippen molar-refractivity contribution in [2.45, 2.75) is 19.9 Å². The summed E-state index contributed by atoms with van der Waals surface area (Å²) in [4.78, 5) is 12.7. The molecule has 0 spiro atoms. The van der Waals surface area contributed by atoms with Crippen molar-refractivity contribution in [1.82, 2.24) is 0 Å². The molecule has 1 N–H and O–H groups in total. The Morgan fingerprint density at radius 1 is 1.08 bits per heavy atom. The van der Waals surface area contributed by atoms with Crippen molar-refractivity contribution >= 4 is 62.1 Å². The minimum atomic E-state index is -3.75. The van der Waals surface area contributed by atoms with Crippen molar-refractivity contribution < 1.29 is 13.2 Å². The van der Waals surface area contributed by atoms with E-state index in [1.165, 1.54) is 25.1 Å². The molecule has 0 bridgehead atoms. The van der Waals surface area contributed by atoms with E-state index in [4.69, 9.17) is 34.8 Å². The van der Waals surface area contributed by atoms with Crippen LogP contribution in [0.1, 0.15) is 12.5 Å². The second-order valence-corrected chi connectivity index (χ2v) is 8.89. The molecule has 1 amide bonds. The third-order valence-electron chi connectivity index (χ3n) is 3.69. The van der Waals surface area contributed by atoms with Gasteiger partial charge < -0.3 is 5.32 Å². The number of hydrogen-bond acceptors (Lipinski definition) is 3. The van der Waals surface area contributed by atoms with Crippen LogP contribution in [0.15, 0.2) is 36.4 Å². The Hall–Kier alpha value is -1.47. The van der Waals surface area contributed by atoms with Crippen LogP contribution in [-0.2, 0) is 14.8 Å².